The molecule has 0 aliphatic heterocycles. The molecule has 1 N–H and O–H groups in total. The summed E-state index contributed by atoms with van der Waals surface area (Å²) >= 11 is 0. The standard InChI is InChI=1S/C29H61N2O6P/c1-6-7-8-9-10-11-12-13-14-15-16-17-18-19-20-21-24-35-27-29(26-30-28(2)32)37-38(33,34)36-25-22-23-31(3,4)5/h29H,6-27H2,1-5H3,(H-,30,32,33,34). The van der Waals surface area contributed by atoms with E-state index in [0.29, 0.717) is 13.0 Å². The second-order valence-corrected chi connectivity index (χ2v) is 13.1. The summed E-state index contributed by atoms with van der Waals surface area (Å²) in [6.45, 7) is 5.21. The number of amides is 1. The first-order chi connectivity index (χ1) is 18.1. The normalized spacial score (nSPS) is 14.4. The van der Waals surface area contributed by atoms with Crippen molar-refractivity contribution >= 4 is 13.7 Å². The molecule has 228 valence electrons. The summed E-state index contributed by atoms with van der Waals surface area (Å²) in [5.74, 6) is -0.249. The van der Waals surface area contributed by atoms with Crippen molar-refractivity contribution in [2.45, 2.75) is 129 Å². The molecule has 0 heterocycles. The number of quaternary nitrogens is 1. The van der Waals surface area contributed by atoms with Gasteiger partial charge < -0.3 is 28.5 Å². The summed E-state index contributed by atoms with van der Waals surface area (Å²) in [6.07, 6.45) is 20.8. The summed E-state index contributed by atoms with van der Waals surface area (Å²) in [5.41, 5.74) is 0. The molecule has 9 heteroatoms. The highest BCUT2D eigenvalue weighted by Crippen LogP contribution is 2.40. The maximum absolute atomic E-state index is 12.2. The average molecular weight is 565 g/mol. The van der Waals surface area contributed by atoms with Gasteiger partial charge >= 0.3 is 0 Å². The van der Waals surface area contributed by atoms with Gasteiger partial charge in [0.25, 0.3) is 7.82 Å². The topological polar surface area (TPSA) is 96.9 Å². The Kier molecular flexibility index (Phi) is 24.0. The van der Waals surface area contributed by atoms with Crippen molar-refractivity contribution in [3.8, 4) is 0 Å². The van der Waals surface area contributed by atoms with Crippen molar-refractivity contribution in [1.82, 2.24) is 5.32 Å². The number of unbranched alkanes of at least 4 members (excludes halogenated alkanes) is 15. The molecule has 0 aliphatic carbocycles. The van der Waals surface area contributed by atoms with E-state index in [-0.39, 0.29) is 25.7 Å². The summed E-state index contributed by atoms with van der Waals surface area (Å²) < 4.78 is 28.8. The zero-order valence-electron chi connectivity index (χ0n) is 25.5. The fourth-order valence-electron chi connectivity index (χ4n) is 4.28. The SMILES string of the molecule is CCCCCCCCCCCCCCCCCCOCC(CNC(C)=O)OP(=O)([O-])OCCC[N+](C)(C)C. The predicted molar refractivity (Wildman–Crippen MR) is 155 cm³/mol. The van der Waals surface area contributed by atoms with Crippen molar-refractivity contribution in [2.75, 3.05) is 54.1 Å². The minimum absolute atomic E-state index is 0.0583. The molecule has 0 saturated heterocycles. The Hall–Kier alpha value is -0.500. The van der Waals surface area contributed by atoms with Crippen LogP contribution in [0.2, 0.25) is 0 Å². The molecule has 1 amide bonds. The summed E-state index contributed by atoms with van der Waals surface area (Å²) in [6, 6.07) is 0. The Balaban J connectivity index is 3.81. The lowest BCUT2D eigenvalue weighted by Crippen LogP contribution is -2.36. The number of carbonyl (C=O) groups excluding carboxylic acids is 1. The van der Waals surface area contributed by atoms with Crippen LogP contribution in [-0.4, -0.2) is 70.5 Å². The first-order valence-electron chi connectivity index (χ1n) is 15.3. The van der Waals surface area contributed by atoms with Gasteiger partial charge in [0.2, 0.25) is 5.91 Å². The van der Waals surface area contributed by atoms with Crippen molar-refractivity contribution < 1.29 is 32.5 Å². The number of hydrogen-bond donors (Lipinski definition) is 1. The monoisotopic (exact) mass is 564 g/mol. The van der Waals surface area contributed by atoms with Crippen LogP contribution >= 0.6 is 7.82 Å². The molecule has 38 heavy (non-hydrogen) atoms. The fraction of sp³-hybridized carbons (Fsp3) is 0.966. The fourth-order valence-corrected chi connectivity index (χ4v) is 5.19. The molecule has 0 fully saturated rings. The Morgan fingerprint density at radius 1 is 0.789 bits per heavy atom. The van der Waals surface area contributed by atoms with Crippen LogP contribution in [0.4, 0.5) is 0 Å². The molecule has 0 spiro atoms. The van der Waals surface area contributed by atoms with Crippen molar-refractivity contribution in [1.29, 1.82) is 0 Å². The molecule has 0 aliphatic rings. The number of nitrogens with one attached hydrogen (secondary N) is 1. The minimum Gasteiger partial charge on any atom is -0.756 e. The lowest BCUT2D eigenvalue weighted by molar-refractivity contribution is -0.870. The Labute approximate surface area is 234 Å². The number of nitrogens with zero attached hydrogens (tertiary/aromatic N) is 1. The van der Waals surface area contributed by atoms with Gasteiger partial charge in [-0.1, -0.05) is 103 Å². The number of hydrogen-bond acceptors (Lipinski definition) is 6. The molecular weight excluding hydrogens is 503 g/mol. The highest BCUT2D eigenvalue weighted by molar-refractivity contribution is 7.45. The van der Waals surface area contributed by atoms with Gasteiger partial charge in [0, 0.05) is 26.5 Å². The van der Waals surface area contributed by atoms with E-state index < -0.39 is 13.9 Å². The molecule has 0 aromatic rings. The summed E-state index contributed by atoms with van der Waals surface area (Å²) in [5, 5.41) is 2.60. The molecule has 2 unspecified atom stereocenters. The smallest absolute Gasteiger partial charge is 0.268 e. The maximum atomic E-state index is 12.2. The first-order valence-corrected chi connectivity index (χ1v) is 16.8. The van der Waals surface area contributed by atoms with Crippen LogP contribution in [0.3, 0.4) is 0 Å². The van der Waals surface area contributed by atoms with E-state index in [0.717, 1.165) is 23.9 Å². The van der Waals surface area contributed by atoms with Gasteiger partial charge in [-0.05, 0) is 6.42 Å². The van der Waals surface area contributed by atoms with Gasteiger partial charge in [-0.15, -0.1) is 0 Å². The third kappa shape index (κ3) is 28.5. The molecular formula is C29H61N2O6P. The van der Waals surface area contributed by atoms with Gasteiger partial charge in [0.1, 0.15) is 6.10 Å². The van der Waals surface area contributed by atoms with Gasteiger partial charge in [-0.3, -0.25) is 9.36 Å². The zero-order valence-corrected chi connectivity index (χ0v) is 26.4. The largest absolute Gasteiger partial charge is 0.756 e. The van der Waals surface area contributed by atoms with Crippen molar-refractivity contribution in [3.05, 3.63) is 0 Å². The highest BCUT2D eigenvalue weighted by Gasteiger charge is 2.19. The highest BCUT2D eigenvalue weighted by atomic mass is 31.2. The molecule has 2 atom stereocenters. The Morgan fingerprint density at radius 2 is 1.26 bits per heavy atom. The second kappa shape index (κ2) is 24.3. The van der Waals surface area contributed by atoms with Gasteiger partial charge in [0.05, 0.1) is 40.9 Å². The van der Waals surface area contributed by atoms with Gasteiger partial charge in [0.15, 0.2) is 0 Å². The van der Waals surface area contributed by atoms with Gasteiger partial charge in [-0.25, -0.2) is 0 Å². The van der Waals surface area contributed by atoms with E-state index in [1.165, 1.54) is 96.8 Å². The Bertz CT molecular complexity index is 600. The van der Waals surface area contributed by atoms with E-state index >= 15 is 0 Å². The number of phosphoric acid groups is 1. The molecule has 0 aromatic carbocycles. The third-order valence-electron chi connectivity index (χ3n) is 6.53. The van der Waals surface area contributed by atoms with Crippen LogP contribution in [0, 0.1) is 0 Å². The lowest BCUT2D eigenvalue weighted by atomic mass is 10.0. The van der Waals surface area contributed by atoms with Crippen LogP contribution in [0.15, 0.2) is 0 Å². The summed E-state index contributed by atoms with van der Waals surface area (Å²) in [4.78, 5) is 23.5. The lowest BCUT2D eigenvalue weighted by Gasteiger charge is -2.29. The zero-order chi connectivity index (χ0) is 28.5. The van der Waals surface area contributed by atoms with E-state index in [1.807, 2.05) is 21.1 Å². The van der Waals surface area contributed by atoms with E-state index in [1.54, 1.807) is 0 Å². The van der Waals surface area contributed by atoms with Crippen LogP contribution in [0.25, 0.3) is 0 Å². The Morgan fingerprint density at radius 3 is 1.71 bits per heavy atom. The van der Waals surface area contributed by atoms with E-state index in [4.69, 9.17) is 13.8 Å². The molecule has 0 saturated carbocycles. The van der Waals surface area contributed by atoms with Crippen LogP contribution < -0.4 is 10.2 Å². The molecule has 0 bridgehead atoms. The number of carbonyl (C=O) groups is 1. The summed E-state index contributed by atoms with van der Waals surface area (Å²) in [7, 11) is 1.63. The number of phosphoric ester groups is 1. The van der Waals surface area contributed by atoms with E-state index in [2.05, 4.69) is 12.2 Å². The van der Waals surface area contributed by atoms with E-state index in [9.17, 15) is 14.3 Å². The quantitative estimate of drug-likeness (QED) is 0.0674. The van der Waals surface area contributed by atoms with Crippen molar-refractivity contribution in [2.24, 2.45) is 0 Å². The van der Waals surface area contributed by atoms with Crippen LogP contribution in [0.5, 0.6) is 0 Å². The van der Waals surface area contributed by atoms with Crippen molar-refractivity contribution in [3.63, 3.8) is 0 Å². The van der Waals surface area contributed by atoms with Crippen LogP contribution in [0.1, 0.15) is 123 Å². The predicted octanol–water partition coefficient (Wildman–Crippen LogP) is 6.37. The first kappa shape index (κ1) is 37.5. The second-order valence-electron chi connectivity index (χ2n) is 11.7. The van der Waals surface area contributed by atoms with Crippen LogP contribution in [-0.2, 0) is 23.1 Å². The minimum atomic E-state index is -4.47. The maximum Gasteiger partial charge on any atom is 0.268 e. The number of rotatable bonds is 28. The molecule has 0 aromatic heterocycles. The number of ether oxygens (including phenoxy) is 1. The van der Waals surface area contributed by atoms with Gasteiger partial charge in [-0.2, -0.15) is 0 Å². The third-order valence-corrected chi connectivity index (χ3v) is 7.58. The molecule has 0 radical (unpaired) electrons. The molecule has 0 rings (SSSR count). The average Bonchev–Trinajstić information content (AvgIpc) is 2.83. The molecule has 8 nitrogen and oxygen atoms in total.